The summed E-state index contributed by atoms with van der Waals surface area (Å²) < 4.78 is 5.40. The van der Waals surface area contributed by atoms with Gasteiger partial charge in [0.05, 0.1) is 5.56 Å². The van der Waals surface area contributed by atoms with Crippen LogP contribution in [0.2, 0.25) is 0 Å². The molecule has 0 bridgehead atoms. The van der Waals surface area contributed by atoms with Crippen molar-refractivity contribution in [2.24, 2.45) is 0 Å². The van der Waals surface area contributed by atoms with E-state index in [0.29, 0.717) is 5.56 Å². The first-order valence-corrected chi connectivity index (χ1v) is 6.16. The number of thiol groups is 1. The van der Waals surface area contributed by atoms with Crippen molar-refractivity contribution in [3.05, 3.63) is 65.7 Å². The zero-order chi connectivity index (χ0) is 13.0. The predicted molar refractivity (Wildman–Crippen MR) is 74.0 cm³/mol. The first-order chi connectivity index (χ1) is 8.66. The van der Waals surface area contributed by atoms with E-state index >= 15 is 0 Å². The van der Waals surface area contributed by atoms with Crippen LogP contribution in [0.5, 0.6) is 0 Å². The molecule has 0 aliphatic rings. The molecule has 0 spiro atoms. The van der Waals surface area contributed by atoms with Crippen molar-refractivity contribution in [1.29, 1.82) is 0 Å². The van der Waals surface area contributed by atoms with Crippen LogP contribution in [0.15, 0.2) is 59.5 Å². The minimum absolute atomic E-state index is 0.255. The maximum atomic E-state index is 11.9. The van der Waals surface area contributed by atoms with Gasteiger partial charge in [-0.15, -0.1) is 12.6 Å². The second-order valence-electron chi connectivity index (χ2n) is 4.01. The summed E-state index contributed by atoms with van der Waals surface area (Å²) in [7, 11) is 0. The molecule has 0 aliphatic heterocycles. The fourth-order valence-corrected chi connectivity index (χ4v) is 1.77. The molecule has 0 amide bonds. The van der Waals surface area contributed by atoms with Crippen molar-refractivity contribution in [2.75, 3.05) is 0 Å². The molecule has 0 radical (unpaired) electrons. The Hall–Kier alpha value is -1.74. The van der Waals surface area contributed by atoms with Crippen molar-refractivity contribution in [3.8, 4) is 0 Å². The van der Waals surface area contributed by atoms with Gasteiger partial charge in [0.2, 0.25) is 0 Å². The minimum atomic E-state index is -0.320. The fourth-order valence-electron chi connectivity index (χ4n) is 1.62. The van der Waals surface area contributed by atoms with Crippen LogP contribution >= 0.6 is 12.6 Å². The Morgan fingerprint density at radius 1 is 1.06 bits per heavy atom. The highest BCUT2D eigenvalue weighted by atomic mass is 32.1. The Morgan fingerprint density at radius 3 is 2.28 bits per heavy atom. The molecule has 0 heterocycles. The van der Waals surface area contributed by atoms with Gasteiger partial charge in [0.1, 0.15) is 6.10 Å². The standard InChI is InChI=1S/C15H14O2S/c1-11(12-5-3-2-4-6-12)17-15(16)13-7-9-14(18)10-8-13/h2-11,18H,1H3. The van der Waals surface area contributed by atoms with E-state index in [2.05, 4.69) is 12.6 Å². The quantitative estimate of drug-likeness (QED) is 0.667. The van der Waals surface area contributed by atoms with E-state index in [9.17, 15) is 4.79 Å². The van der Waals surface area contributed by atoms with Gasteiger partial charge >= 0.3 is 5.97 Å². The zero-order valence-corrected chi connectivity index (χ0v) is 10.9. The largest absolute Gasteiger partial charge is 0.454 e. The van der Waals surface area contributed by atoms with Crippen LogP contribution in [0.3, 0.4) is 0 Å². The number of esters is 1. The van der Waals surface area contributed by atoms with Crippen LogP contribution in [0, 0.1) is 0 Å². The highest BCUT2D eigenvalue weighted by Gasteiger charge is 2.12. The molecule has 18 heavy (non-hydrogen) atoms. The molecule has 0 saturated heterocycles. The first kappa shape index (κ1) is 12.7. The molecule has 1 atom stereocenters. The maximum Gasteiger partial charge on any atom is 0.338 e. The predicted octanol–water partition coefficient (Wildman–Crippen LogP) is 3.89. The van der Waals surface area contributed by atoms with Gasteiger partial charge in [-0.05, 0) is 36.8 Å². The molecular formula is C15H14O2S. The molecule has 2 aromatic carbocycles. The van der Waals surface area contributed by atoms with Crippen molar-refractivity contribution >= 4 is 18.6 Å². The Labute approximate surface area is 112 Å². The van der Waals surface area contributed by atoms with E-state index in [1.165, 1.54) is 0 Å². The molecule has 0 fully saturated rings. The van der Waals surface area contributed by atoms with E-state index in [0.717, 1.165) is 10.5 Å². The lowest BCUT2D eigenvalue weighted by Gasteiger charge is -2.13. The van der Waals surface area contributed by atoms with Crippen molar-refractivity contribution in [2.45, 2.75) is 17.9 Å². The zero-order valence-electron chi connectivity index (χ0n) is 10.0. The van der Waals surface area contributed by atoms with Gasteiger partial charge in [0.25, 0.3) is 0 Å². The van der Waals surface area contributed by atoms with Crippen molar-refractivity contribution in [1.82, 2.24) is 0 Å². The molecule has 92 valence electrons. The van der Waals surface area contributed by atoms with Crippen LogP contribution in [0.1, 0.15) is 28.9 Å². The van der Waals surface area contributed by atoms with Gasteiger partial charge in [0, 0.05) is 4.90 Å². The van der Waals surface area contributed by atoms with Gasteiger partial charge in [-0.1, -0.05) is 30.3 Å². The molecule has 0 saturated carbocycles. The monoisotopic (exact) mass is 258 g/mol. The van der Waals surface area contributed by atoms with Crippen LogP contribution in [-0.2, 0) is 4.74 Å². The highest BCUT2D eigenvalue weighted by Crippen LogP contribution is 2.18. The first-order valence-electron chi connectivity index (χ1n) is 5.72. The van der Waals surface area contributed by atoms with Gasteiger partial charge in [-0.2, -0.15) is 0 Å². The number of carbonyl (C=O) groups excluding carboxylic acids is 1. The topological polar surface area (TPSA) is 26.3 Å². The summed E-state index contributed by atoms with van der Waals surface area (Å²) >= 11 is 4.18. The Bertz CT molecular complexity index is 520. The molecule has 2 aromatic rings. The smallest absolute Gasteiger partial charge is 0.338 e. The molecule has 1 unspecified atom stereocenters. The molecule has 0 aliphatic carbocycles. The third-order valence-corrected chi connectivity index (χ3v) is 2.95. The van der Waals surface area contributed by atoms with Gasteiger partial charge < -0.3 is 4.74 Å². The summed E-state index contributed by atoms with van der Waals surface area (Å²) in [6.07, 6.45) is -0.255. The third-order valence-electron chi connectivity index (χ3n) is 2.66. The Balaban J connectivity index is 2.06. The average Bonchev–Trinajstić information content (AvgIpc) is 2.40. The summed E-state index contributed by atoms with van der Waals surface area (Å²) in [6.45, 7) is 1.86. The SMILES string of the molecule is CC(OC(=O)c1ccc(S)cc1)c1ccccc1. The summed E-state index contributed by atoms with van der Waals surface area (Å²) in [5, 5.41) is 0. The van der Waals surface area contributed by atoms with Crippen molar-refractivity contribution in [3.63, 3.8) is 0 Å². The number of rotatable bonds is 3. The fraction of sp³-hybridized carbons (Fsp3) is 0.133. The lowest BCUT2D eigenvalue weighted by molar-refractivity contribution is 0.0338. The number of benzene rings is 2. The average molecular weight is 258 g/mol. The second kappa shape index (κ2) is 5.74. The summed E-state index contributed by atoms with van der Waals surface area (Å²) in [4.78, 5) is 12.7. The number of hydrogen-bond donors (Lipinski definition) is 1. The molecular weight excluding hydrogens is 244 g/mol. The van der Waals surface area contributed by atoms with E-state index in [1.807, 2.05) is 37.3 Å². The van der Waals surface area contributed by atoms with Crippen LogP contribution in [-0.4, -0.2) is 5.97 Å². The molecule has 0 aromatic heterocycles. The van der Waals surface area contributed by atoms with Crippen LogP contribution in [0.25, 0.3) is 0 Å². The normalized spacial score (nSPS) is 11.9. The summed E-state index contributed by atoms with van der Waals surface area (Å²) in [5.41, 5.74) is 1.52. The van der Waals surface area contributed by atoms with E-state index in [1.54, 1.807) is 24.3 Å². The van der Waals surface area contributed by atoms with Crippen LogP contribution < -0.4 is 0 Å². The highest BCUT2D eigenvalue weighted by molar-refractivity contribution is 7.80. The second-order valence-corrected chi connectivity index (χ2v) is 4.52. The number of hydrogen-bond acceptors (Lipinski definition) is 3. The molecule has 0 N–H and O–H groups in total. The van der Waals surface area contributed by atoms with E-state index in [-0.39, 0.29) is 12.1 Å². The maximum absolute atomic E-state index is 11.9. The van der Waals surface area contributed by atoms with Gasteiger partial charge in [-0.3, -0.25) is 0 Å². The number of carbonyl (C=O) groups is 1. The lowest BCUT2D eigenvalue weighted by atomic mass is 10.1. The minimum Gasteiger partial charge on any atom is -0.454 e. The summed E-state index contributed by atoms with van der Waals surface area (Å²) in [5.74, 6) is -0.320. The van der Waals surface area contributed by atoms with Crippen molar-refractivity contribution < 1.29 is 9.53 Å². The molecule has 3 heteroatoms. The van der Waals surface area contributed by atoms with E-state index < -0.39 is 0 Å². The lowest BCUT2D eigenvalue weighted by Crippen LogP contribution is -2.09. The van der Waals surface area contributed by atoms with Gasteiger partial charge in [-0.25, -0.2) is 4.79 Å². The number of ether oxygens (including phenoxy) is 1. The Kier molecular flexibility index (Phi) is 4.05. The third kappa shape index (κ3) is 3.14. The van der Waals surface area contributed by atoms with Gasteiger partial charge in [0.15, 0.2) is 0 Å². The molecule has 2 nitrogen and oxygen atoms in total. The Morgan fingerprint density at radius 2 is 1.67 bits per heavy atom. The van der Waals surface area contributed by atoms with E-state index in [4.69, 9.17) is 4.74 Å². The molecule has 2 rings (SSSR count). The summed E-state index contributed by atoms with van der Waals surface area (Å²) in [6, 6.07) is 16.6. The van der Waals surface area contributed by atoms with Crippen LogP contribution in [0.4, 0.5) is 0 Å².